The molecule has 0 unspecified atom stereocenters. The van der Waals surface area contributed by atoms with Gasteiger partial charge in [0.05, 0.1) is 4.86 Å². The molecule has 1 aromatic carbocycles. The minimum atomic E-state index is -2.29. The number of ether oxygens (including phenoxy) is 2. The Morgan fingerprint density at radius 3 is 2.03 bits per heavy atom. The second kappa shape index (κ2) is 16.5. The second-order valence-electron chi connectivity index (χ2n) is 9.36. The Bertz CT molecular complexity index is 985. The zero-order chi connectivity index (χ0) is 26.3. The lowest BCUT2D eigenvalue weighted by Crippen LogP contribution is -2.19. The first-order valence-corrected chi connectivity index (χ1v) is 13.6. The average Bonchev–Trinajstić information content (AvgIpc) is 2.80. The van der Waals surface area contributed by atoms with Crippen molar-refractivity contribution in [2.45, 2.75) is 80.4 Å². The van der Waals surface area contributed by atoms with Gasteiger partial charge in [-0.15, -0.1) is 0 Å². The van der Waals surface area contributed by atoms with Crippen molar-refractivity contribution in [1.82, 2.24) is 0 Å². The maximum atomic E-state index is 11.8. The summed E-state index contributed by atoms with van der Waals surface area (Å²) in [7, 11) is -2.29. The van der Waals surface area contributed by atoms with Crippen molar-refractivity contribution in [3.8, 4) is 0 Å². The van der Waals surface area contributed by atoms with E-state index in [1.54, 1.807) is 13.0 Å². The summed E-state index contributed by atoms with van der Waals surface area (Å²) in [5, 5.41) is 0. The minimum Gasteiger partial charge on any atom is -0.349 e. The van der Waals surface area contributed by atoms with Crippen LogP contribution in [0.25, 0.3) is 0 Å². The SMILES string of the molecule is CCOC(C=C(C)C(CC=C(C)C=CC1=C(C)CCCC1(C)C)=S(=O)=O)OCC.c1ccccc1. The molecular weight excluding hydrogens is 456 g/mol. The molecule has 0 aliphatic heterocycles. The molecule has 0 atom stereocenters. The molecule has 35 heavy (non-hydrogen) atoms. The van der Waals surface area contributed by atoms with Crippen LogP contribution in [0.15, 0.2) is 83.0 Å². The summed E-state index contributed by atoms with van der Waals surface area (Å²) in [6, 6.07) is 12.0. The van der Waals surface area contributed by atoms with Gasteiger partial charge in [-0.2, -0.15) is 8.42 Å². The van der Waals surface area contributed by atoms with Gasteiger partial charge in [0, 0.05) is 19.6 Å². The fourth-order valence-electron chi connectivity index (χ4n) is 4.06. The van der Waals surface area contributed by atoms with E-state index in [0.29, 0.717) is 30.1 Å². The number of allylic oxidation sites excluding steroid dienone is 7. The van der Waals surface area contributed by atoms with Crippen LogP contribution in [0.3, 0.4) is 0 Å². The number of benzene rings is 1. The van der Waals surface area contributed by atoms with Crippen molar-refractivity contribution < 1.29 is 17.9 Å². The molecule has 0 amide bonds. The van der Waals surface area contributed by atoms with Gasteiger partial charge in [-0.1, -0.05) is 79.6 Å². The molecule has 1 aliphatic rings. The zero-order valence-corrected chi connectivity index (χ0v) is 23.5. The first-order chi connectivity index (χ1) is 16.6. The second-order valence-corrected chi connectivity index (χ2v) is 10.3. The Kier molecular flexibility index (Phi) is 14.5. The highest BCUT2D eigenvalue weighted by atomic mass is 32.2. The molecule has 4 nitrogen and oxygen atoms in total. The van der Waals surface area contributed by atoms with Gasteiger partial charge in [0.25, 0.3) is 0 Å². The first-order valence-electron chi connectivity index (χ1n) is 12.5. The van der Waals surface area contributed by atoms with Crippen LogP contribution in [0.1, 0.15) is 74.1 Å². The van der Waals surface area contributed by atoms with Gasteiger partial charge in [0.2, 0.25) is 10.3 Å². The lowest BCUT2D eigenvalue weighted by molar-refractivity contribution is -0.104. The van der Waals surface area contributed by atoms with Gasteiger partial charge in [-0.3, -0.25) is 0 Å². The first kappa shape index (κ1) is 30.8. The van der Waals surface area contributed by atoms with Gasteiger partial charge in [0.1, 0.15) is 0 Å². The van der Waals surface area contributed by atoms with Crippen LogP contribution in [0, 0.1) is 5.41 Å². The summed E-state index contributed by atoms with van der Waals surface area (Å²) in [5.74, 6) is 0. The largest absolute Gasteiger partial charge is 0.349 e. The molecule has 1 aliphatic carbocycles. The van der Waals surface area contributed by atoms with Crippen molar-refractivity contribution in [2.24, 2.45) is 5.41 Å². The molecule has 0 aromatic heterocycles. The molecule has 0 heterocycles. The van der Waals surface area contributed by atoms with E-state index in [4.69, 9.17) is 9.47 Å². The maximum Gasteiger partial charge on any atom is 0.217 e. The molecule has 2 rings (SSSR count). The van der Waals surface area contributed by atoms with Crippen molar-refractivity contribution in [3.05, 3.63) is 83.0 Å². The van der Waals surface area contributed by atoms with E-state index in [1.165, 1.54) is 24.0 Å². The number of hydrogen-bond donors (Lipinski definition) is 0. The molecule has 0 saturated heterocycles. The Morgan fingerprint density at radius 1 is 1.03 bits per heavy atom. The number of rotatable bonds is 10. The highest BCUT2D eigenvalue weighted by molar-refractivity contribution is 7.73. The summed E-state index contributed by atoms with van der Waals surface area (Å²) in [4.78, 5) is 0.357. The van der Waals surface area contributed by atoms with Crippen LogP contribution in [0.2, 0.25) is 0 Å². The third-order valence-electron chi connectivity index (χ3n) is 6.02. The third-order valence-corrected chi connectivity index (χ3v) is 6.91. The average molecular weight is 501 g/mol. The quantitative estimate of drug-likeness (QED) is 0.145. The summed E-state index contributed by atoms with van der Waals surface area (Å²) < 4.78 is 34.5. The molecule has 0 bridgehead atoms. The summed E-state index contributed by atoms with van der Waals surface area (Å²) in [6.45, 7) is 15.4. The van der Waals surface area contributed by atoms with Gasteiger partial charge in [-0.05, 0) is 76.5 Å². The smallest absolute Gasteiger partial charge is 0.217 e. The molecule has 0 saturated carbocycles. The van der Waals surface area contributed by atoms with Crippen LogP contribution in [-0.2, 0) is 19.8 Å². The van der Waals surface area contributed by atoms with Crippen molar-refractivity contribution in [2.75, 3.05) is 13.2 Å². The molecule has 0 N–H and O–H groups in total. The normalized spacial score (nSPS) is 16.3. The highest BCUT2D eigenvalue weighted by Crippen LogP contribution is 2.40. The maximum absolute atomic E-state index is 11.8. The molecule has 0 spiro atoms. The monoisotopic (exact) mass is 500 g/mol. The predicted octanol–water partition coefficient (Wildman–Crippen LogP) is 7.49. The lowest BCUT2D eigenvalue weighted by atomic mass is 9.72. The van der Waals surface area contributed by atoms with E-state index in [0.717, 1.165) is 12.0 Å². The van der Waals surface area contributed by atoms with E-state index >= 15 is 0 Å². The van der Waals surface area contributed by atoms with Crippen LogP contribution in [0.5, 0.6) is 0 Å². The van der Waals surface area contributed by atoms with Crippen LogP contribution in [-0.4, -0.2) is 32.8 Å². The topological polar surface area (TPSA) is 52.6 Å². The van der Waals surface area contributed by atoms with E-state index in [9.17, 15) is 8.42 Å². The highest BCUT2D eigenvalue weighted by Gasteiger charge is 2.26. The van der Waals surface area contributed by atoms with Gasteiger partial charge < -0.3 is 9.47 Å². The zero-order valence-electron chi connectivity index (χ0n) is 22.6. The summed E-state index contributed by atoms with van der Waals surface area (Å²) in [5.41, 5.74) is 4.76. The van der Waals surface area contributed by atoms with E-state index in [2.05, 4.69) is 32.9 Å². The Labute approximate surface area is 215 Å². The standard InChI is InChI=1S/C24H38O4S.C6H6/c1-8-27-23(28-9-2)17-20(5)22(29(25)26)15-13-18(3)12-14-21-19(4)11-10-16-24(21,6)7;1-2-4-6-5-3-1/h12-14,17,23H,8-11,15-16H2,1-7H3;1-6H. The molecular formula is C30H44O4S. The fourth-order valence-corrected chi connectivity index (χ4v) is 4.61. The minimum absolute atomic E-state index is 0.194. The molecule has 194 valence electrons. The predicted molar refractivity (Wildman–Crippen MR) is 149 cm³/mol. The molecule has 1 aromatic rings. The third kappa shape index (κ3) is 11.9. The van der Waals surface area contributed by atoms with Gasteiger partial charge in [0.15, 0.2) is 6.29 Å². The molecule has 0 fully saturated rings. The summed E-state index contributed by atoms with van der Waals surface area (Å²) >= 11 is 0. The lowest BCUT2D eigenvalue weighted by Gasteiger charge is -2.32. The molecule has 5 heteroatoms. The number of hydrogen-bond acceptors (Lipinski definition) is 4. The fraction of sp³-hybridized carbons (Fsp3) is 0.500. The van der Waals surface area contributed by atoms with Crippen molar-refractivity contribution in [1.29, 1.82) is 0 Å². The molecule has 0 radical (unpaired) electrons. The van der Waals surface area contributed by atoms with Crippen molar-refractivity contribution >= 4 is 15.2 Å². The van der Waals surface area contributed by atoms with Crippen LogP contribution >= 0.6 is 0 Å². The Hall–Kier alpha value is -2.21. The van der Waals surface area contributed by atoms with E-state index in [1.807, 2.05) is 63.2 Å². The summed E-state index contributed by atoms with van der Waals surface area (Å²) in [6.07, 6.45) is 11.4. The van der Waals surface area contributed by atoms with Gasteiger partial charge in [-0.25, -0.2) is 0 Å². The van der Waals surface area contributed by atoms with E-state index < -0.39 is 16.6 Å². The Balaban J connectivity index is 0.000000882. The van der Waals surface area contributed by atoms with Crippen molar-refractivity contribution in [3.63, 3.8) is 0 Å². The van der Waals surface area contributed by atoms with Crippen LogP contribution < -0.4 is 0 Å². The Morgan fingerprint density at radius 2 is 1.57 bits per heavy atom. The van der Waals surface area contributed by atoms with Crippen LogP contribution in [0.4, 0.5) is 0 Å². The van der Waals surface area contributed by atoms with Gasteiger partial charge >= 0.3 is 0 Å². The van der Waals surface area contributed by atoms with E-state index in [-0.39, 0.29) is 5.41 Å².